The zero-order valence-corrected chi connectivity index (χ0v) is 12.6. The minimum absolute atomic E-state index is 0.0363. The SMILES string of the molecule is CCOC(=O)C(=CNc1cccc(F)c1OC)C(=O)OCC. The minimum atomic E-state index is -0.830. The van der Waals surface area contributed by atoms with Crippen LogP contribution < -0.4 is 10.1 Å². The van der Waals surface area contributed by atoms with Gasteiger partial charge in [-0.05, 0) is 26.0 Å². The zero-order chi connectivity index (χ0) is 16.5. The van der Waals surface area contributed by atoms with Crippen molar-refractivity contribution in [3.05, 3.63) is 35.8 Å². The van der Waals surface area contributed by atoms with Crippen molar-refractivity contribution >= 4 is 17.6 Å². The van der Waals surface area contributed by atoms with Crippen LogP contribution in [0.4, 0.5) is 10.1 Å². The molecule has 0 radical (unpaired) electrons. The number of carbonyl (C=O) groups is 2. The molecule has 0 spiro atoms. The summed E-state index contributed by atoms with van der Waals surface area (Å²) in [5.41, 5.74) is -0.0661. The van der Waals surface area contributed by atoms with Crippen LogP contribution in [-0.2, 0) is 19.1 Å². The predicted octanol–water partition coefficient (Wildman–Crippen LogP) is 2.26. The maximum Gasteiger partial charge on any atom is 0.347 e. The quantitative estimate of drug-likeness (QED) is 0.360. The smallest absolute Gasteiger partial charge is 0.347 e. The van der Waals surface area contributed by atoms with Crippen LogP contribution in [0.25, 0.3) is 0 Å². The van der Waals surface area contributed by atoms with Gasteiger partial charge < -0.3 is 19.5 Å². The van der Waals surface area contributed by atoms with Crippen LogP contribution in [0.5, 0.6) is 5.75 Å². The molecule has 7 heteroatoms. The summed E-state index contributed by atoms with van der Waals surface area (Å²) in [5.74, 6) is -2.27. The monoisotopic (exact) mass is 311 g/mol. The van der Waals surface area contributed by atoms with Crippen molar-refractivity contribution in [1.29, 1.82) is 0 Å². The van der Waals surface area contributed by atoms with Crippen molar-refractivity contribution in [1.82, 2.24) is 0 Å². The summed E-state index contributed by atoms with van der Waals surface area (Å²) >= 11 is 0. The molecule has 0 heterocycles. The first-order valence-electron chi connectivity index (χ1n) is 6.68. The molecular weight excluding hydrogens is 293 g/mol. The van der Waals surface area contributed by atoms with Crippen LogP contribution in [0, 0.1) is 5.82 Å². The number of benzene rings is 1. The third-order valence-corrected chi connectivity index (χ3v) is 2.53. The second kappa shape index (κ2) is 8.66. The van der Waals surface area contributed by atoms with Gasteiger partial charge in [0.15, 0.2) is 17.1 Å². The maximum atomic E-state index is 13.6. The van der Waals surface area contributed by atoms with Crippen LogP contribution >= 0.6 is 0 Å². The highest BCUT2D eigenvalue weighted by Crippen LogP contribution is 2.27. The van der Waals surface area contributed by atoms with Crippen molar-refractivity contribution in [2.75, 3.05) is 25.6 Å². The van der Waals surface area contributed by atoms with Gasteiger partial charge in [0, 0.05) is 6.20 Å². The number of halogens is 1. The Morgan fingerprint density at radius 2 is 1.77 bits per heavy atom. The molecule has 0 saturated carbocycles. The molecule has 0 unspecified atom stereocenters. The first-order valence-corrected chi connectivity index (χ1v) is 6.68. The van der Waals surface area contributed by atoms with E-state index in [0.717, 1.165) is 6.20 Å². The molecule has 1 N–H and O–H groups in total. The summed E-state index contributed by atoms with van der Waals surface area (Å²) in [7, 11) is 1.31. The molecule has 1 rings (SSSR count). The molecule has 0 atom stereocenters. The fraction of sp³-hybridized carbons (Fsp3) is 0.333. The van der Waals surface area contributed by atoms with Crippen molar-refractivity contribution in [3.63, 3.8) is 0 Å². The molecule has 0 fully saturated rings. The van der Waals surface area contributed by atoms with Gasteiger partial charge >= 0.3 is 11.9 Å². The predicted molar refractivity (Wildman–Crippen MR) is 77.9 cm³/mol. The van der Waals surface area contributed by atoms with Crippen LogP contribution in [-0.4, -0.2) is 32.3 Å². The third kappa shape index (κ3) is 4.47. The van der Waals surface area contributed by atoms with E-state index < -0.39 is 17.8 Å². The molecule has 1 aromatic carbocycles. The number of nitrogens with one attached hydrogen (secondary N) is 1. The summed E-state index contributed by atoms with van der Waals surface area (Å²) in [6, 6.07) is 4.22. The summed E-state index contributed by atoms with van der Waals surface area (Å²) in [4.78, 5) is 23.5. The normalized spacial score (nSPS) is 9.64. The molecule has 0 aliphatic carbocycles. The lowest BCUT2D eigenvalue weighted by Crippen LogP contribution is -2.19. The molecule has 0 saturated heterocycles. The molecule has 0 aromatic heterocycles. The molecule has 0 amide bonds. The average Bonchev–Trinajstić information content (AvgIpc) is 2.48. The zero-order valence-electron chi connectivity index (χ0n) is 12.6. The summed E-state index contributed by atoms with van der Waals surface area (Å²) in [5, 5.41) is 2.66. The Morgan fingerprint density at radius 3 is 2.27 bits per heavy atom. The Kier molecular flexibility index (Phi) is 6.88. The largest absolute Gasteiger partial charge is 0.492 e. The average molecular weight is 311 g/mol. The molecular formula is C15H18FNO5. The van der Waals surface area contributed by atoms with Crippen LogP contribution in [0.15, 0.2) is 30.0 Å². The van der Waals surface area contributed by atoms with E-state index in [0.29, 0.717) is 0 Å². The van der Waals surface area contributed by atoms with Gasteiger partial charge in [0.05, 0.1) is 26.0 Å². The highest BCUT2D eigenvalue weighted by atomic mass is 19.1. The van der Waals surface area contributed by atoms with E-state index in [9.17, 15) is 14.0 Å². The van der Waals surface area contributed by atoms with Gasteiger partial charge in [0.25, 0.3) is 0 Å². The van der Waals surface area contributed by atoms with E-state index in [4.69, 9.17) is 14.2 Å². The molecule has 120 valence electrons. The van der Waals surface area contributed by atoms with Crippen molar-refractivity contribution in [3.8, 4) is 5.75 Å². The Labute approximate surface area is 127 Å². The van der Waals surface area contributed by atoms with Crippen LogP contribution in [0.3, 0.4) is 0 Å². The Hall–Kier alpha value is -2.57. The topological polar surface area (TPSA) is 73.9 Å². The Bertz CT molecular complexity index is 551. The second-order valence-corrected chi connectivity index (χ2v) is 3.96. The number of ether oxygens (including phenoxy) is 3. The highest BCUT2D eigenvalue weighted by Gasteiger charge is 2.21. The fourth-order valence-corrected chi connectivity index (χ4v) is 1.60. The second-order valence-electron chi connectivity index (χ2n) is 3.96. The lowest BCUT2D eigenvalue weighted by molar-refractivity contribution is -0.146. The fourth-order valence-electron chi connectivity index (χ4n) is 1.60. The highest BCUT2D eigenvalue weighted by molar-refractivity contribution is 6.14. The van der Waals surface area contributed by atoms with E-state index in [-0.39, 0.29) is 30.2 Å². The van der Waals surface area contributed by atoms with Gasteiger partial charge in [-0.2, -0.15) is 0 Å². The first kappa shape index (κ1) is 17.5. The number of methoxy groups -OCH3 is 1. The summed E-state index contributed by atoms with van der Waals surface area (Å²) in [6.45, 7) is 3.45. The number of rotatable bonds is 7. The van der Waals surface area contributed by atoms with Crippen molar-refractivity contribution in [2.24, 2.45) is 0 Å². The van der Waals surface area contributed by atoms with Crippen molar-refractivity contribution < 1.29 is 28.2 Å². The maximum absolute atomic E-state index is 13.6. The van der Waals surface area contributed by atoms with Gasteiger partial charge in [-0.25, -0.2) is 14.0 Å². The summed E-state index contributed by atoms with van der Waals surface area (Å²) < 4.78 is 28.1. The van der Waals surface area contributed by atoms with Crippen LogP contribution in [0.1, 0.15) is 13.8 Å². The van der Waals surface area contributed by atoms with Gasteiger partial charge in [0.2, 0.25) is 0 Å². The molecule has 1 aromatic rings. The van der Waals surface area contributed by atoms with Gasteiger partial charge in [-0.3, -0.25) is 0 Å². The molecule has 0 aliphatic heterocycles. The molecule has 22 heavy (non-hydrogen) atoms. The van der Waals surface area contributed by atoms with Crippen LogP contribution in [0.2, 0.25) is 0 Å². The van der Waals surface area contributed by atoms with E-state index in [1.807, 2.05) is 0 Å². The Morgan fingerprint density at radius 1 is 1.18 bits per heavy atom. The van der Waals surface area contributed by atoms with Crippen molar-refractivity contribution in [2.45, 2.75) is 13.8 Å². The van der Waals surface area contributed by atoms with Gasteiger partial charge in [-0.15, -0.1) is 0 Å². The van der Waals surface area contributed by atoms with E-state index in [1.54, 1.807) is 13.8 Å². The summed E-state index contributed by atoms with van der Waals surface area (Å²) in [6.07, 6.45) is 1.10. The standard InChI is InChI=1S/C15H18FNO5/c1-4-21-14(18)10(15(19)22-5-2)9-17-12-8-6-7-11(16)13(12)20-3/h6-9,17H,4-5H2,1-3H3. The number of para-hydroxylation sites is 1. The Balaban J connectivity index is 3.05. The lowest BCUT2D eigenvalue weighted by atomic mass is 10.2. The van der Waals surface area contributed by atoms with E-state index in [2.05, 4.69) is 5.32 Å². The molecule has 6 nitrogen and oxygen atoms in total. The number of anilines is 1. The van der Waals surface area contributed by atoms with Gasteiger partial charge in [-0.1, -0.05) is 6.07 Å². The van der Waals surface area contributed by atoms with E-state index >= 15 is 0 Å². The molecule has 0 bridgehead atoms. The third-order valence-electron chi connectivity index (χ3n) is 2.53. The van der Waals surface area contributed by atoms with Gasteiger partial charge in [0.1, 0.15) is 0 Å². The van der Waals surface area contributed by atoms with E-state index in [1.165, 1.54) is 25.3 Å². The molecule has 0 aliphatic rings. The number of esters is 2. The first-order chi connectivity index (χ1) is 10.5. The number of hydrogen-bond donors (Lipinski definition) is 1. The number of hydrogen-bond acceptors (Lipinski definition) is 6. The lowest BCUT2D eigenvalue weighted by Gasteiger charge is -2.10. The minimum Gasteiger partial charge on any atom is -0.492 e. The number of carbonyl (C=O) groups excluding carboxylic acids is 2.